The Morgan fingerprint density at radius 1 is 0.974 bits per heavy atom. The molecule has 0 saturated heterocycles. The molecule has 0 radical (unpaired) electrons. The van der Waals surface area contributed by atoms with Gasteiger partial charge in [0.05, 0.1) is 11.4 Å². The maximum absolute atomic E-state index is 13.1. The first-order valence-corrected chi connectivity index (χ1v) is 13.4. The first kappa shape index (κ1) is 26.2. The summed E-state index contributed by atoms with van der Waals surface area (Å²) < 4.78 is 1.43. The molecule has 1 aliphatic rings. The predicted molar refractivity (Wildman–Crippen MR) is 153 cm³/mol. The number of anilines is 1. The summed E-state index contributed by atoms with van der Waals surface area (Å²) in [5.41, 5.74) is 5.02. The number of carbonyl (C=O) groups is 2. The van der Waals surface area contributed by atoms with Gasteiger partial charge in [0.1, 0.15) is 5.75 Å². The molecule has 1 heterocycles. The van der Waals surface area contributed by atoms with E-state index in [9.17, 15) is 14.7 Å². The molecule has 5 rings (SSSR count). The van der Waals surface area contributed by atoms with Crippen molar-refractivity contribution in [1.82, 2.24) is 15.1 Å². The molecular weight excluding hydrogens is 488 g/mol. The number of hydrogen-bond acceptors (Lipinski definition) is 4. The molecular formula is C32H34N4O3. The normalized spacial score (nSPS) is 13.5. The van der Waals surface area contributed by atoms with Gasteiger partial charge in [0.2, 0.25) is 0 Å². The average Bonchev–Trinajstić information content (AvgIpc) is 3.31. The minimum atomic E-state index is -0.298. The Morgan fingerprint density at radius 3 is 2.31 bits per heavy atom. The van der Waals surface area contributed by atoms with E-state index in [1.54, 1.807) is 12.1 Å². The van der Waals surface area contributed by atoms with E-state index in [4.69, 9.17) is 0 Å². The van der Waals surface area contributed by atoms with Crippen LogP contribution in [-0.4, -0.2) is 26.8 Å². The van der Waals surface area contributed by atoms with E-state index in [1.165, 1.54) is 10.7 Å². The molecule has 1 saturated carbocycles. The number of nitrogens with one attached hydrogen (secondary N) is 2. The Balaban J connectivity index is 1.33. The molecule has 3 aromatic carbocycles. The Morgan fingerprint density at radius 2 is 1.69 bits per heavy atom. The highest BCUT2D eigenvalue weighted by Crippen LogP contribution is 2.39. The number of nitrogens with zero attached hydrogens (tertiary/aromatic N) is 2. The molecule has 4 aromatic rings. The second-order valence-corrected chi connectivity index (χ2v) is 11.2. The van der Waals surface area contributed by atoms with Gasteiger partial charge in [-0.1, -0.05) is 69.7 Å². The van der Waals surface area contributed by atoms with Gasteiger partial charge >= 0.3 is 6.03 Å². The SMILES string of the molecule is CC(C)(C)c1ccc(C(=O)Nc2ccc(-c3cc(C4CCC4)n(C(=O)NCc4ccccc4)n3)c(O)c2)cc1. The van der Waals surface area contributed by atoms with E-state index in [0.717, 1.165) is 36.1 Å². The largest absolute Gasteiger partial charge is 0.507 e. The van der Waals surface area contributed by atoms with Gasteiger partial charge in [0.25, 0.3) is 5.91 Å². The van der Waals surface area contributed by atoms with Crippen LogP contribution in [-0.2, 0) is 12.0 Å². The molecule has 1 aromatic heterocycles. The summed E-state index contributed by atoms with van der Waals surface area (Å²) in [5.74, 6) is -0.0151. The average molecular weight is 523 g/mol. The van der Waals surface area contributed by atoms with Crippen molar-refractivity contribution in [1.29, 1.82) is 0 Å². The van der Waals surface area contributed by atoms with Gasteiger partial charge in [-0.15, -0.1) is 0 Å². The zero-order valence-corrected chi connectivity index (χ0v) is 22.6. The highest BCUT2D eigenvalue weighted by atomic mass is 16.3. The Hall–Kier alpha value is -4.39. The molecule has 3 N–H and O–H groups in total. The molecule has 7 nitrogen and oxygen atoms in total. The lowest BCUT2D eigenvalue weighted by Crippen LogP contribution is -2.31. The summed E-state index contributed by atoms with van der Waals surface area (Å²) in [7, 11) is 0. The number of amides is 2. The van der Waals surface area contributed by atoms with Crippen LogP contribution >= 0.6 is 0 Å². The number of carbonyl (C=O) groups excluding carboxylic acids is 2. The zero-order chi connectivity index (χ0) is 27.6. The molecule has 39 heavy (non-hydrogen) atoms. The van der Waals surface area contributed by atoms with E-state index >= 15 is 0 Å². The number of rotatable bonds is 6. The summed E-state index contributed by atoms with van der Waals surface area (Å²) in [6.45, 7) is 6.78. The monoisotopic (exact) mass is 522 g/mol. The molecule has 1 fully saturated rings. The Labute approximate surface area is 228 Å². The van der Waals surface area contributed by atoms with Gasteiger partial charge < -0.3 is 15.7 Å². The lowest BCUT2D eigenvalue weighted by atomic mass is 9.82. The van der Waals surface area contributed by atoms with Crippen LogP contribution in [0.3, 0.4) is 0 Å². The number of aromatic hydroxyl groups is 1. The molecule has 0 atom stereocenters. The van der Waals surface area contributed by atoms with E-state index in [1.807, 2.05) is 60.7 Å². The van der Waals surface area contributed by atoms with Crippen molar-refractivity contribution in [3.63, 3.8) is 0 Å². The van der Waals surface area contributed by atoms with E-state index in [2.05, 4.69) is 36.5 Å². The zero-order valence-electron chi connectivity index (χ0n) is 22.6. The molecule has 0 spiro atoms. The fourth-order valence-corrected chi connectivity index (χ4v) is 4.68. The first-order valence-electron chi connectivity index (χ1n) is 13.4. The number of phenolic OH excluding ortho intramolecular Hbond substituents is 1. The van der Waals surface area contributed by atoms with Crippen LogP contribution in [0.25, 0.3) is 11.3 Å². The van der Waals surface area contributed by atoms with Gasteiger partial charge in [0, 0.05) is 35.3 Å². The van der Waals surface area contributed by atoms with Crippen LogP contribution in [0.4, 0.5) is 10.5 Å². The smallest absolute Gasteiger partial charge is 0.342 e. The van der Waals surface area contributed by atoms with Gasteiger partial charge in [-0.3, -0.25) is 4.79 Å². The minimum absolute atomic E-state index is 0.00464. The third kappa shape index (κ3) is 5.87. The topological polar surface area (TPSA) is 96.3 Å². The third-order valence-corrected chi connectivity index (χ3v) is 7.28. The van der Waals surface area contributed by atoms with Crippen LogP contribution in [0.2, 0.25) is 0 Å². The quantitative estimate of drug-likeness (QED) is 0.259. The van der Waals surface area contributed by atoms with Crippen LogP contribution in [0.15, 0.2) is 78.9 Å². The van der Waals surface area contributed by atoms with E-state index in [0.29, 0.717) is 29.1 Å². The predicted octanol–water partition coefficient (Wildman–Crippen LogP) is 6.83. The summed E-state index contributed by atoms with van der Waals surface area (Å²) in [5, 5.41) is 21.2. The van der Waals surface area contributed by atoms with Gasteiger partial charge in [-0.25, -0.2) is 4.79 Å². The highest BCUT2D eigenvalue weighted by Gasteiger charge is 2.27. The van der Waals surface area contributed by atoms with Gasteiger partial charge in [0.15, 0.2) is 0 Å². The number of phenols is 1. The third-order valence-electron chi connectivity index (χ3n) is 7.28. The molecule has 7 heteroatoms. The lowest BCUT2D eigenvalue weighted by molar-refractivity contribution is 0.102. The van der Waals surface area contributed by atoms with Crippen LogP contribution in [0, 0.1) is 0 Å². The van der Waals surface area contributed by atoms with Crippen molar-refractivity contribution in [3.8, 4) is 17.0 Å². The molecule has 0 aliphatic heterocycles. The maximum Gasteiger partial charge on any atom is 0.342 e. The van der Waals surface area contributed by atoms with Crippen molar-refractivity contribution in [2.75, 3.05) is 5.32 Å². The van der Waals surface area contributed by atoms with Gasteiger partial charge in [-0.2, -0.15) is 9.78 Å². The molecule has 0 bridgehead atoms. The van der Waals surface area contributed by atoms with E-state index in [-0.39, 0.29) is 29.0 Å². The second kappa shape index (κ2) is 10.8. The first-order chi connectivity index (χ1) is 18.7. The van der Waals surface area contributed by atoms with Gasteiger partial charge in [-0.05, 0) is 59.7 Å². The van der Waals surface area contributed by atoms with Crippen LogP contribution in [0.1, 0.15) is 73.1 Å². The molecule has 2 amide bonds. The second-order valence-electron chi connectivity index (χ2n) is 11.2. The highest BCUT2D eigenvalue weighted by molar-refractivity contribution is 6.04. The molecule has 200 valence electrons. The Kier molecular flexibility index (Phi) is 7.24. The lowest BCUT2D eigenvalue weighted by Gasteiger charge is -2.25. The number of hydrogen-bond donors (Lipinski definition) is 3. The maximum atomic E-state index is 13.1. The van der Waals surface area contributed by atoms with Crippen molar-refractivity contribution in [2.45, 2.75) is 57.9 Å². The van der Waals surface area contributed by atoms with Crippen molar-refractivity contribution < 1.29 is 14.7 Å². The Bertz CT molecular complexity index is 1480. The minimum Gasteiger partial charge on any atom is -0.507 e. The van der Waals surface area contributed by atoms with Crippen molar-refractivity contribution in [3.05, 3.63) is 101 Å². The van der Waals surface area contributed by atoms with Crippen LogP contribution < -0.4 is 10.6 Å². The van der Waals surface area contributed by atoms with Crippen molar-refractivity contribution in [2.24, 2.45) is 0 Å². The summed E-state index contributed by atoms with van der Waals surface area (Å²) >= 11 is 0. The van der Waals surface area contributed by atoms with E-state index < -0.39 is 0 Å². The standard InChI is InChI=1S/C32H34N4O3/c1-32(2,3)24-14-12-23(13-15-24)30(38)34-25-16-17-26(29(37)18-25)27-19-28(22-10-7-11-22)36(35-27)31(39)33-20-21-8-5-4-6-9-21/h4-6,8-9,12-19,22,37H,7,10-11,20H2,1-3H3,(H,33,39)(H,34,38). The molecule has 1 aliphatic carbocycles. The summed E-state index contributed by atoms with van der Waals surface area (Å²) in [6.07, 6.45) is 3.13. The fraction of sp³-hybridized carbons (Fsp3) is 0.281. The molecule has 0 unspecified atom stereocenters. The number of aromatic nitrogens is 2. The van der Waals surface area contributed by atoms with Crippen molar-refractivity contribution >= 4 is 17.6 Å². The fourth-order valence-electron chi connectivity index (χ4n) is 4.68. The summed E-state index contributed by atoms with van der Waals surface area (Å²) in [6, 6.07) is 23.8. The van der Waals surface area contributed by atoms with Crippen LogP contribution in [0.5, 0.6) is 5.75 Å². The summed E-state index contributed by atoms with van der Waals surface area (Å²) in [4.78, 5) is 25.9. The number of benzene rings is 3.